The van der Waals surface area contributed by atoms with Crippen molar-refractivity contribution in [2.75, 3.05) is 12.0 Å². The van der Waals surface area contributed by atoms with Crippen LogP contribution in [0.15, 0.2) is 66.9 Å². The molecule has 0 spiro atoms. The molecule has 3 aromatic rings. The maximum atomic E-state index is 5.47. The van der Waals surface area contributed by atoms with E-state index in [4.69, 9.17) is 4.74 Å². The summed E-state index contributed by atoms with van der Waals surface area (Å²) in [6, 6.07) is 20.8. The molecular formula is C21H20N2O. The van der Waals surface area contributed by atoms with Crippen LogP contribution < -0.4 is 9.64 Å². The molecule has 0 radical (unpaired) electrons. The Labute approximate surface area is 142 Å². The SMILES string of the molecule is COc1ccc2c(c1)N(c1ccccn1)c1ccccc1C2(C)C. The first-order valence-corrected chi connectivity index (χ1v) is 8.12. The van der Waals surface area contributed by atoms with E-state index in [1.54, 1.807) is 7.11 Å². The van der Waals surface area contributed by atoms with Crippen molar-refractivity contribution < 1.29 is 4.74 Å². The maximum absolute atomic E-state index is 5.47. The Morgan fingerprint density at radius 1 is 0.875 bits per heavy atom. The highest BCUT2D eigenvalue weighted by Crippen LogP contribution is 2.51. The van der Waals surface area contributed by atoms with Gasteiger partial charge in [0.05, 0.1) is 18.5 Å². The van der Waals surface area contributed by atoms with Gasteiger partial charge in [-0.3, -0.25) is 4.90 Å². The highest BCUT2D eigenvalue weighted by Gasteiger charge is 2.37. The minimum Gasteiger partial charge on any atom is -0.497 e. The lowest BCUT2D eigenvalue weighted by atomic mass is 9.73. The molecule has 0 fully saturated rings. The molecule has 120 valence electrons. The summed E-state index contributed by atoms with van der Waals surface area (Å²) in [5.74, 6) is 1.76. The lowest BCUT2D eigenvalue weighted by Gasteiger charge is -2.41. The highest BCUT2D eigenvalue weighted by molar-refractivity contribution is 5.85. The Bertz CT molecular complexity index is 887. The van der Waals surface area contributed by atoms with Crippen LogP contribution in [0.2, 0.25) is 0 Å². The Balaban J connectivity index is 2.04. The molecule has 2 heterocycles. The summed E-state index contributed by atoms with van der Waals surface area (Å²) in [6.07, 6.45) is 1.83. The molecule has 0 N–H and O–H groups in total. The van der Waals surface area contributed by atoms with Crippen molar-refractivity contribution in [1.82, 2.24) is 4.98 Å². The zero-order chi connectivity index (χ0) is 16.7. The molecule has 0 saturated heterocycles. The quantitative estimate of drug-likeness (QED) is 0.650. The monoisotopic (exact) mass is 316 g/mol. The normalized spacial score (nSPS) is 14.7. The number of anilines is 3. The molecule has 0 bridgehead atoms. The largest absolute Gasteiger partial charge is 0.497 e. The summed E-state index contributed by atoms with van der Waals surface area (Å²) in [7, 11) is 1.70. The molecule has 1 aliphatic heterocycles. The van der Waals surface area contributed by atoms with Gasteiger partial charge in [0.15, 0.2) is 0 Å². The molecule has 1 aliphatic rings. The van der Waals surface area contributed by atoms with Crippen LogP contribution in [0.4, 0.5) is 17.2 Å². The third-order valence-electron chi connectivity index (χ3n) is 4.82. The lowest BCUT2D eigenvalue weighted by molar-refractivity contribution is 0.414. The number of hydrogen-bond acceptors (Lipinski definition) is 3. The number of methoxy groups -OCH3 is 1. The molecule has 0 unspecified atom stereocenters. The first-order valence-electron chi connectivity index (χ1n) is 8.12. The topological polar surface area (TPSA) is 25.4 Å². The second kappa shape index (κ2) is 5.38. The Morgan fingerprint density at radius 2 is 1.62 bits per heavy atom. The van der Waals surface area contributed by atoms with Crippen molar-refractivity contribution in [3.8, 4) is 5.75 Å². The summed E-state index contributed by atoms with van der Waals surface area (Å²) in [4.78, 5) is 6.81. The number of aromatic nitrogens is 1. The van der Waals surface area contributed by atoms with Crippen molar-refractivity contribution in [2.45, 2.75) is 19.3 Å². The van der Waals surface area contributed by atoms with Gasteiger partial charge in [0, 0.05) is 17.7 Å². The number of nitrogens with zero attached hydrogens (tertiary/aromatic N) is 2. The van der Waals surface area contributed by atoms with Gasteiger partial charge < -0.3 is 4.74 Å². The van der Waals surface area contributed by atoms with Gasteiger partial charge in [0.2, 0.25) is 0 Å². The van der Waals surface area contributed by atoms with Crippen molar-refractivity contribution in [1.29, 1.82) is 0 Å². The number of pyridine rings is 1. The van der Waals surface area contributed by atoms with Crippen LogP contribution in [-0.4, -0.2) is 12.1 Å². The molecule has 0 saturated carbocycles. The predicted octanol–water partition coefficient (Wildman–Crippen LogP) is 5.20. The third-order valence-corrected chi connectivity index (χ3v) is 4.82. The van der Waals surface area contributed by atoms with Crippen molar-refractivity contribution in [2.24, 2.45) is 0 Å². The highest BCUT2D eigenvalue weighted by atomic mass is 16.5. The summed E-state index contributed by atoms with van der Waals surface area (Å²) in [5.41, 5.74) is 4.78. The molecule has 1 aromatic heterocycles. The van der Waals surface area contributed by atoms with E-state index in [-0.39, 0.29) is 5.41 Å². The van der Waals surface area contributed by atoms with Gasteiger partial charge in [-0.1, -0.05) is 44.2 Å². The second-order valence-corrected chi connectivity index (χ2v) is 6.55. The molecule has 2 aromatic carbocycles. The summed E-state index contributed by atoms with van der Waals surface area (Å²) >= 11 is 0. The number of benzene rings is 2. The molecule has 4 rings (SSSR count). The van der Waals surface area contributed by atoms with Gasteiger partial charge in [-0.15, -0.1) is 0 Å². The minimum atomic E-state index is -0.0799. The summed E-state index contributed by atoms with van der Waals surface area (Å²) in [5, 5.41) is 0. The Morgan fingerprint density at radius 3 is 2.38 bits per heavy atom. The number of para-hydroxylation sites is 1. The first kappa shape index (κ1) is 14.8. The number of rotatable bonds is 2. The van der Waals surface area contributed by atoms with E-state index in [2.05, 4.69) is 60.1 Å². The fourth-order valence-corrected chi connectivity index (χ4v) is 3.56. The third kappa shape index (κ3) is 2.08. The van der Waals surface area contributed by atoms with Crippen LogP contribution in [0.25, 0.3) is 0 Å². The lowest BCUT2D eigenvalue weighted by Crippen LogP contribution is -2.30. The average molecular weight is 316 g/mol. The zero-order valence-electron chi connectivity index (χ0n) is 14.2. The smallest absolute Gasteiger partial charge is 0.137 e. The van der Waals surface area contributed by atoms with Gasteiger partial charge in [0.25, 0.3) is 0 Å². The summed E-state index contributed by atoms with van der Waals surface area (Å²) < 4.78 is 5.47. The number of fused-ring (bicyclic) bond motifs is 2. The van der Waals surface area contributed by atoms with Crippen molar-refractivity contribution in [3.63, 3.8) is 0 Å². The fourth-order valence-electron chi connectivity index (χ4n) is 3.56. The molecule has 0 amide bonds. The first-order chi connectivity index (χ1) is 11.6. The van der Waals surface area contributed by atoms with E-state index in [9.17, 15) is 0 Å². The fraction of sp³-hybridized carbons (Fsp3) is 0.190. The van der Waals surface area contributed by atoms with Gasteiger partial charge in [-0.05, 0) is 35.4 Å². The van der Waals surface area contributed by atoms with Gasteiger partial charge in [-0.25, -0.2) is 4.98 Å². The molecule has 0 aliphatic carbocycles. The molecule has 3 heteroatoms. The molecule has 24 heavy (non-hydrogen) atoms. The van der Waals surface area contributed by atoms with Crippen LogP contribution in [0.1, 0.15) is 25.0 Å². The van der Waals surface area contributed by atoms with Crippen LogP contribution in [0.5, 0.6) is 5.75 Å². The van der Waals surface area contributed by atoms with Gasteiger partial charge in [-0.2, -0.15) is 0 Å². The molecule has 0 atom stereocenters. The second-order valence-electron chi connectivity index (χ2n) is 6.55. The number of ether oxygens (including phenoxy) is 1. The van der Waals surface area contributed by atoms with E-state index in [1.807, 2.05) is 30.5 Å². The van der Waals surface area contributed by atoms with Crippen molar-refractivity contribution in [3.05, 3.63) is 78.0 Å². The average Bonchev–Trinajstić information content (AvgIpc) is 2.62. The van der Waals surface area contributed by atoms with E-state index in [0.29, 0.717) is 0 Å². The molecular weight excluding hydrogens is 296 g/mol. The van der Waals surface area contributed by atoms with Gasteiger partial charge in [0.1, 0.15) is 11.6 Å². The van der Waals surface area contributed by atoms with Gasteiger partial charge >= 0.3 is 0 Å². The van der Waals surface area contributed by atoms with E-state index >= 15 is 0 Å². The van der Waals surface area contributed by atoms with Crippen LogP contribution in [0.3, 0.4) is 0 Å². The Kier molecular flexibility index (Phi) is 3.31. The van der Waals surface area contributed by atoms with Crippen LogP contribution >= 0.6 is 0 Å². The van der Waals surface area contributed by atoms with E-state index in [1.165, 1.54) is 16.8 Å². The zero-order valence-corrected chi connectivity index (χ0v) is 14.2. The standard InChI is InChI=1S/C21H20N2O/c1-21(2)16-8-4-5-9-18(16)23(20-10-6-7-13-22-20)19-14-15(24-3)11-12-17(19)21/h4-14H,1-3H3. The predicted molar refractivity (Wildman–Crippen MR) is 97.6 cm³/mol. The van der Waals surface area contributed by atoms with Crippen LogP contribution in [-0.2, 0) is 5.41 Å². The van der Waals surface area contributed by atoms with Crippen LogP contribution in [0, 0.1) is 0 Å². The number of hydrogen-bond donors (Lipinski definition) is 0. The molecule has 3 nitrogen and oxygen atoms in total. The minimum absolute atomic E-state index is 0.0799. The Hall–Kier alpha value is -2.81. The summed E-state index contributed by atoms with van der Waals surface area (Å²) in [6.45, 7) is 4.54. The van der Waals surface area contributed by atoms with E-state index in [0.717, 1.165) is 17.3 Å². The van der Waals surface area contributed by atoms with Crippen molar-refractivity contribution >= 4 is 17.2 Å². The van der Waals surface area contributed by atoms with E-state index < -0.39 is 0 Å². The maximum Gasteiger partial charge on any atom is 0.137 e.